The van der Waals surface area contributed by atoms with E-state index in [1.165, 1.54) is 0 Å². The molecule has 4 unspecified atom stereocenters. The van der Waals surface area contributed by atoms with Crippen LogP contribution in [-0.4, -0.2) is 66.5 Å². The minimum atomic E-state index is -3.00. The Hall–Kier alpha value is -1.15. The number of nitrogens with one attached hydrogen (secondary N) is 1. The molecule has 7 nitrogen and oxygen atoms in total. The van der Waals surface area contributed by atoms with E-state index in [0.717, 1.165) is 12.8 Å². The van der Waals surface area contributed by atoms with Crippen LogP contribution in [0.15, 0.2) is 0 Å². The van der Waals surface area contributed by atoms with Crippen LogP contribution in [0.25, 0.3) is 0 Å². The first-order valence-corrected chi connectivity index (χ1v) is 9.16. The van der Waals surface area contributed by atoms with Crippen LogP contribution in [0, 0.1) is 5.92 Å². The number of rotatable bonds is 4. The van der Waals surface area contributed by atoms with Gasteiger partial charge in [0.1, 0.15) is 0 Å². The van der Waals surface area contributed by atoms with Crippen LogP contribution < -0.4 is 5.32 Å². The zero-order chi connectivity index (χ0) is 15.2. The summed E-state index contributed by atoms with van der Waals surface area (Å²) >= 11 is 0. The van der Waals surface area contributed by atoms with Gasteiger partial charge < -0.3 is 10.4 Å². The highest BCUT2D eigenvalue weighted by Crippen LogP contribution is 2.41. The van der Waals surface area contributed by atoms with E-state index in [1.807, 2.05) is 4.90 Å². The molecule has 21 heavy (non-hydrogen) atoms. The van der Waals surface area contributed by atoms with Gasteiger partial charge in [0.05, 0.1) is 24.0 Å². The second kappa shape index (κ2) is 5.24. The van der Waals surface area contributed by atoms with E-state index >= 15 is 0 Å². The maximum atomic E-state index is 12.1. The lowest BCUT2D eigenvalue weighted by Crippen LogP contribution is -2.44. The molecule has 3 aliphatic rings. The number of carboxylic acid groups (broad SMARTS) is 1. The molecule has 2 N–H and O–H groups in total. The summed E-state index contributed by atoms with van der Waals surface area (Å²) < 4.78 is 22.7. The molecule has 0 saturated carbocycles. The molecule has 4 atom stereocenters. The van der Waals surface area contributed by atoms with Crippen molar-refractivity contribution in [1.82, 2.24) is 10.2 Å². The summed E-state index contributed by atoms with van der Waals surface area (Å²) in [6, 6.07) is -0.169. The molecule has 118 valence electrons. The van der Waals surface area contributed by atoms with Crippen molar-refractivity contribution in [2.45, 2.75) is 43.8 Å². The molecular formula is C13H20N2O5S. The highest BCUT2D eigenvalue weighted by Gasteiger charge is 2.49. The number of sulfone groups is 1. The van der Waals surface area contributed by atoms with Gasteiger partial charge in [0.25, 0.3) is 0 Å². The summed E-state index contributed by atoms with van der Waals surface area (Å²) in [5.74, 6) is -1.20. The third kappa shape index (κ3) is 2.91. The smallest absolute Gasteiger partial charge is 0.308 e. The van der Waals surface area contributed by atoms with Gasteiger partial charge in [0.15, 0.2) is 9.84 Å². The highest BCUT2D eigenvalue weighted by molar-refractivity contribution is 7.91. The fourth-order valence-corrected chi connectivity index (χ4v) is 5.63. The molecule has 0 aliphatic carbocycles. The van der Waals surface area contributed by atoms with Crippen LogP contribution in [0.2, 0.25) is 0 Å². The van der Waals surface area contributed by atoms with Gasteiger partial charge in [-0.05, 0) is 25.7 Å². The Balaban J connectivity index is 1.55. The first-order chi connectivity index (χ1) is 9.85. The Bertz CT molecular complexity index is 561. The Morgan fingerprint density at radius 3 is 2.57 bits per heavy atom. The molecule has 1 amide bonds. The molecule has 0 aromatic carbocycles. The Morgan fingerprint density at radius 2 is 2.00 bits per heavy atom. The van der Waals surface area contributed by atoms with Crippen molar-refractivity contribution in [2.75, 3.05) is 18.1 Å². The second-order valence-electron chi connectivity index (χ2n) is 6.32. The zero-order valence-corrected chi connectivity index (χ0v) is 12.5. The highest BCUT2D eigenvalue weighted by atomic mass is 32.2. The van der Waals surface area contributed by atoms with E-state index < -0.39 is 15.8 Å². The largest absolute Gasteiger partial charge is 0.481 e. The van der Waals surface area contributed by atoms with Crippen LogP contribution >= 0.6 is 0 Å². The minimum Gasteiger partial charge on any atom is -0.481 e. The normalized spacial score (nSPS) is 37.7. The minimum absolute atomic E-state index is 0.0172. The number of carbonyl (C=O) groups excluding carboxylic acids is 1. The molecular weight excluding hydrogens is 296 g/mol. The quantitative estimate of drug-likeness (QED) is 0.706. The van der Waals surface area contributed by atoms with Crippen molar-refractivity contribution in [3.8, 4) is 0 Å². The lowest BCUT2D eigenvalue weighted by Gasteiger charge is -2.23. The monoisotopic (exact) mass is 316 g/mol. The standard InChI is InChI=1S/C13H20N2O5S/c16-12(14-8-3-4-21(19,20)7-8)6-15-9-1-2-11(15)10(5-9)13(17)18/h8-11H,1-7H2,(H,14,16)(H,17,18). The predicted molar refractivity (Wildman–Crippen MR) is 74.5 cm³/mol. The lowest BCUT2D eigenvalue weighted by atomic mass is 9.89. The van der Waals surface area contributed by atoms with Gasteiger partial charge in [-0.25, -0.2) is 8.42 Å². The maximum Gasteiger partial charge on any atom is 0.308 e. The fourth-order valence-electron chi connectivity index (χ4n) is 3.96. The topological polar surface area (TPSA) is 104 Å². The molecule has 0 aromatic heterocycles. The number of hydrogen-bond acceptors (Lipinski definition) is 5. The Morgan fingerprint density at radius 1 is 1.24 bits per heavy atom. The van der Waals surface area contributed by atoms with Gasteiger partial charge >= 0.3 is 5.97 Å². The van der Waals surface area contributed by atoms with Gasteiger partial charge in [-0.2, -0.15) is 0 Å². The first kappa shape index (κ1) is 14.8. The SMILES string of the molecule is O=C(CN1C2CCC1C(C(=O)O)C2)NC1CCS(=O)(=O)C1. The number of hydrogen-bond donors (Lipinski definition) is 2. The Kier molecular flexibility index (Phi) is 3.69. The number of aliphatic carboxylic acids is 1. The summed E-state index contributed by atoms with van der Waals surface area (Å²) in [7, 11) is -3.00. The van der Waals surface area contributed by atoms with Crippen LogP contribution in [0.1, 0.15) is 25.7 Å². The van der Waals surface area contributed by atoms with Crippen LogP contribution in [0.4, 0.5) is 0 Å². The molecule has 8 heteroatoms. The van der Waals surface area contributed by atoms with Crippen molar-refractivity contribution in [3.63, 3.8) is 0 Å². The molecule has 3 fully saturated rings. The van der Waals surface area contributed by atoms with Crippen molar-refractivity contribution < 1.29 is 23.1 Å². The fraction of sp³-hybridized carbons (Fsp3) is 0.846. The third-order valence-corrected chi connectivity index (χ3v) is 6.69. The average molecular weight is 316 g/mol. The first-order valence-electron chi connectivity index (χ1n) is 7.34. The third-order valence-electron chi connectivity index (χ3n) is 4.92. The summed E-state index contributed by atoms with van der Waals surface area (Å²) in [6.07, 6.45) is 2.86. The molecule has 0 spiro atoms. The van der Waals surface area contributed by atoms with Crippen molar-refractivity contribution in [2.24, 2.45) is 5.92 Å². The van der Waals surface area contributed by atoms with Gasteiger partial charge in [0, 0.05) is 18.1 Å². The van der Waals surface area contributed by atoms with Gasteiger partial charge in [-0.1, -0.05) is 0 Å². The number of carboxylic acids is 1. The number of carbonyl (C=O) groups is 2. The van der Waals surface area contributed by atoms with Crippen LogP contribution in [0.5, 0.6) is 0 Å². The molecule has 3 rings (SSSR count). The Labute approximate surface area is 123 Å². The number of nitrogens with zero attached hydrogens (tertiary/aromatic N) is 1. The van der Waals surface area contributed by atoms with E-state index in [0.29, 0.717) is 12.8 Å². The van der Waals surface area contributed by atoms with E-state index in [1.54, 1.807) is 0 Å². The molecule has 0 radical (unpaired) electrons. The molecule has 2 bridgehead atoms. The van der Waals surface area contributed by atoms with Crippen molar-refractivity contribution >= 4 is 21.7 Å². The van der Waals surface area contributed by atoms with Crippen molar-refractivity contribution in [3.05, 3.63) is 0 Å². The second-order valence-corrected chi connectivity index (χ2v) is 8.55. The zero-order valence-electron chi connectivity index (χ0n) is 11.7. The van der Waals surface area contributed by atoms with E-state index in [2.05, 4.69) is 5.32 Å². The summed E-state index contributed by atoms with van der Waals surface area (Å²) in [6.45, 7) is 0.176. The molecule has 0 aromatic rings. The summed E-state index contributed by atoms with van der Waals surface area (Å²) in [5.41, 5.74) is 0. The summed E-state index contributed by atoms with van der Waals surface area (Å²) in [4.78, 5) is 25.2. The molecule has 3 saturated heterocycles. The van der Waals surface area contributed by atoms with E-state index in [9.17, 15) is 23.1 Å². The van der Waals surface area contributed by atoms with Gasteiger partial charge in [-0.3, -0.25) is 14.5 Å². The van der Waals surface area contributed by atoms with E-state index in [4.69, 9.17) is 0 Å². The van der Waals surface area contributed by atoms with Crippen LogP contribution in [-0.2, 0) is 19.4 Å². The molecule has 3 heterocycles. The van der Waals surface area contributed by atoms with Crippen molar-refractivity contribution in [1.29, 1.82) is 0 Å². The van der Waals surface area contributed by atoms with Gasteiger partial charge in [-0.15, -0.1) is 0 Å². The predicted octanol–water partition coefficient (Wildman–Crippen LogP) is -0.773. The average Bonchev–Trinajstić information content (AvgIpc) is 3.03. The number of amides is 1. The van der Waals surface area contributed by atoms with E-state index in [-0.39, 0.29) is 48.0 Å². The maximum absolute atomic E-state index is 12.1. The molecule has 3 aliphatic heterocycles. The lowest BCUT2D eigenvalue weighted by molar-refractivity contribution is -0.143. The summed E-state index contributed by atoms with van der Waals surface area (Å²) in [5, 5.41) is 11.9. The number of fused-ring (bicyclic) bond motifs is 2. The van der Waals surface area contributed by atoms with Gasteiger partial charge in [0.2, 0.25) is 5.91 Å². The van der Waals surface area contributed by atoms with Crippen LogP contribution in [0.3, 0.4) is 0 Å².